The third-order valence-corrected chi connectivity index (χ3v) is 5.18. The van der Waals surface area contributed by atoms with Crippen molar-refractivity contribution in [3.63, 3.8) is 0 Å². The quantitative estimate of drug-likeness (QED) is 0.651. The minimum absolute atomic E-state index is 0.00858. The highest BCUT2D eigenvalue weighted by molar-refractivity contribution is 6.06. The van der Waals surface area contributed by atoms with Crippen LogP contribution in [0.1, 0.15) is 48.7 Å². The van der Waals surface area contributed by atoms with Gasteiger partial charge in [-0.15, -0.1) is 0 Å². The summed E-state index contributed by atoms with van der Waals surface area (Å²) in [5.41, 5.74) is 7.35. The summed E-state index contributed by atoms with van der Waals surface area (Å²) in [6.45, 7) is 4.08. The Morgan fingerprint density at radius 3 is 2.66 bits per heavy atom. The van der Waals surface area contributed by atoms with Gasteiger partial charge in [0, 0.05) is 12.6 Å². The first-order valence-corrected chi connectivity index (χ1v) is 9.86. The molecule has 0 aliphatic heterocycles. The molecule has 0 unspecified atom stereocenters. The van der Waals surface area contributed by atoms with Crippen molar-refractivity contribution < 1.29 is 24.2 Å². The molecule has 1 aliphatic carbocycles. The van der Waals surface area contributed by atoms with Gasteiger partial charge in [0.25, 0.3) is 0 Å². The Bertz CT molecular complexity index is 907. The summed E-state index contributed by atoms with van der Waals surface area (Å²) < 4.78 is 11.3. The van der Waals surface area contributed by atoms with Crippen molar-refractivity contribution >= 4 is 28.5 Å². The van der Waals surface area contributed by atoms with Crippen LogP contribution in [0.4, 0.5) is 5.69 Å². The zero-order chi connectivity index (χ0) is 21.0. The van der Waals surface area contributed by atoms with E-state index in [0.717, 1.165) is 25.7 Å². The van der Waals surface area contributed by atoms with Crippen LogP contribution in [0.2, 0.25) is 0 Å². The van der Waals surface area contributed by atoms with Crippen LogP contribution < -0.4 is 15.8 Å². The van der Waals surface area contributed by atoms with E-state index in [9.17, 15) is 14.7 Å². The number of carboxylic acids is 1. The average Bonchev–Trinajstić information content (AvgIpc) is 2.67. The van der Waals surface area contributed by atoms with Gasteiger partial charge in [-0.1, -0.05) is 6.07 Å². The van der Waals surface area contributed by atoms with E-state index in [2.05, 4.69) is 10.3 Å². The van der Waals surface area contributed by atoms with Crippen molar-refractivity contribution in [1.29, 1.82) is 0 Å². The summed E-state index contributed by atoms with van der Waals surface area (Å²) in [4.78, 5) is 27.8. The molecule has 4 N–H and O–H groups in total. The van der Waals surface area contributed by atoms with E-state index in [1.807, 2.05) is 13.0 Å². The molecule has 1 aromatic carbocycles. The van der Waals surface area contributed by atoms with Crippen molar-refractivity contribution in [3.8, 4) is 5.75 Å². The number of aromatic nitrogens is 1. The first kappa shape index (κ1) is 20.9. The maximum Gasteiger partial charge on any atom is 0.339 e. The van der Waals surface area contributed by atoms with E-state index in [0.29, 0.717) is 29.0 Å². The molecule has 1 fully saturated rings. The van der Waals surface area contributed by atoms with E-state index in [4.69, 9.17) is 15.2 Å². The average molecular weight is 401 g/mol. The molecule has 156 valence electrons. The Balaban J connectivity index is 1.71. The number of aromatic carboxylic acids is 1. The fraction of sp³-hybridized carbons (Fsp3) is 0.476. The summed E-state index contributed by atoms with van der Waals surface area (Å²) in [6, 6.07) is 5.52. The van der Waals surface area contributed by atoms with Gasteiger partial charge in [0.05, 0.1) is 28.4 Å². The molecule has 29 heavy (non-hydrogen) atoms. The fourth-order valence-electron chi connectivity index (χ4n) is 3.78. The van der Waals surface area contributed by atoms with E-state index in [-0.39, 0.29) is 35.9 Å². The molecule has 0 radical (unpaired) electrons. The molecular weight excluding hydrogens is 374 g/mol. The Kier molecular flexibility index (Phi) is 6.53. The first-order chi connectivity index (χ1) is 13.9. The highest BCUT2D eigenvalue weighted by atomic mass is 16.5. The van der Waals surface area contributed by atoms with Crippen LogP contribution in [0.3, 0.4) is 0 Å². The van der Waals surface area contributed by atoms with Crippen molar-refractivity contribution in [3.05, 3.63) is 29.5 Å². The number of nitrogen functional groups attached to an aromatic ring is 1. The van der Waals surface area contributed by atoms with E-state index in [1.165, 1.54) is 0 Å². The molecule has 1 aliphatic rings. The number of pyridine rings is 1. The van der Waals surface area contributed by atoms with E-state index < -0.39 is 5.97 Å². The summed E-state index contributed by atoms with van der Waals surface area (Å²) in [6.07, 6.45) is 3.14. The first-order valence-electron chi connectivity index (χ1n) is 9.86. The van der Waals surface area contributed by atoms with Crippen LogP contribution in [0.15, 0.2) is 18.2 Å². The number of fused-ring (bicyclic) bond motifs is 1. The van der Waals surface area contributed by atoms with Gasteiger partial charge in [-0.05, 0) is 51.7 Å². The van der Waals surface area contributed by atoms with Gasteiger partial charge in [-0.2, -0.15) is 0 Å². The predicted octanol–water partition coefficient (Wildman–Crippen LogP) is 2.67. The lowest BCUT2D eigenvalue weighted by Gasteiger charge is -2.30. The molecular formula is C21H27N3O5. The zero-order valence-corrected chi connectivity index (χ0v) is 16.7. The van der Waals surface area contributed by atoms with E-state index >= 15 is 0 Å². The van der Waals surface area contributed by atoms with Crippen molar-refractivity contribution in [2.24, 2.45) is 0 Å². The van der Waals surface area contributed by atoms with Crippen LogP contribution >= 0.6 is 0 Å². The molecule has 2 aromatic rings. The standard InChI is InChI=1S/C21H27N3O5/c1-3-28-11-17(25)24-13-7-9-14(10-8-13)29-16-6-4-5-15-19(16)20(22)18(21(26)27)12(2)23-15/h4-6,13-14H,3,7-11H2,1-2H3,(H2,22,23)(H,24,25)(H,26,27). The number of nitrogens with two attached hydrogens (primary N) is 1. The Morgan fingerprint density at radius 2 is 2.00 bits per heavy atom. The number of hydrogen-bond acceptors (Lipinski definition) is 6. The van der Waals surface area contributed by atoms with Gasteiger partial charge in [-0.3, -0.25) is 9.78 Å². The Morgan fingerprint density at radius 1 is 1.28 bits per heavy atom. The van der Waals surface area contributed by atoms with Crippen LogP contribution in [0, 0.1) is 6.92 Å². The molecule has 0 atom stereocenters. The second-order valence-electron chi connectivity index (χ2n) is 7.24. The number of hydrogen-bond donors (Lipinski definition) is 3. The van der Waals surface area contributed by atoms with Crippen molar-refractivity contribution in [1.82, 2.24) is 10.3 Å². The summed E-state index contributed by atoms with van der Waals surface area (Å²) in [7, 11) is 0. The van der Waals surface area contributed by atoms with Gasteiger partial charge < -0.3 is 25.6 Å². The molecule has 0 bridgehead atoms. The number of anilines is 1. The number of carbonyl (C=O) groups is 2. The lowest BCUT2D eigenvalue weighted by molar-refractivity contribution is -0.126. The minimum atomic E-state index is -1.10. The fourth-order valence-corrected chi connectivity index (χ4v) is 3.78. The summed E-state index contributed by atoms with van der Waals surface area (Å²) >= 11 is 0. The third-order valence-electron chi connectivity index (χ3n) is 5.18. The minimum Gasteiger partial charge on any atom is -0.490 e. The summed E-state index contributed by atoms with van der Waals surface area (Å²) in [5.74, 6) is -0.660. The van der Waals surface area contributed by atoms with Crippen LogP contribution in [-0.2, 0) is 9.53 Å². The molecule has 1 saturated carbocycles. The van der Waals surface area contributed by atoms with Crippen LogP contribution in [-0.4, -0.2) is 47.3 Å². The molecule has 1 amide bonds. The van der Waals surface area contributed by atoms with Gasteiger partial charge in [-0.25, -0.2) is 4.79 Å². The van der Waals surface area contributed by atoms with Gasteiger partial charge in [0.1, 0.15) is 17.9 Å². The molecule has 3 rings (SSSR count). The number of amides is 1. The van der Waals surface area contributed by atoms with Crippen molar-refractivity contribution in [2.75, 3.05) is 18.9 Å². The number of rotatable bonds is 7. The highest BCUT2D eigenvalue weighted by Gasteiger charge is 2.25. The topological polar surface area (TPSA) is 124 Å². The molecule has 8 nitrogen and oxygen atoms in total. The molecule has 8 heteroatoms. The van der Waals surface area contributed by atoms with Gasteiger partial charge >= 0.3 is 5.97 Å². The number of nitrogens with zero attached hydrogens (tertiary/aromatic N) is 1. The molecule has 1 heterocycles. The SMILES string of the molecule is CCOCC(=O)NC1CCC(Oc2cccc3nc(C)c(C(=O)O)c(N)c23)CC1. The largest absolute Gasteiger partial charge is 0.490 e. The predicted molar refractivity (Wildman–Crippen MR) is 109 cm³/mol. The molecule has 0 saturated heterocycles. The third kappa shape index (κ3) is 4.76. The lowest BCUT2D eigenvalue weighted by atomic mass is 9.93. The highest BCUT2D eigenvalue weighted by Crippen LogP contribution is 2.35. The number of ether oxygens (including phenoxy) is 2. The maximum absolute atomic E-state index is 11.8. The number of benzene rings is 1. The van der Waals surface area contributed by atoms with Gasteiger partial charge in [0.2, 0.25) is 5.91 Å². The van der Waals surface area contributed by atoms with Crippen LogP contribution in [0.25, 0.3) is 10.9 Å². The summed E-state index contributed by atoms with van der Waals surface area (Å²) in [5, 5.41) is 13.0. The zero-order valence-electron chi connectivity index (χ0n) is 16.7. The molecule has 0 spiro atoms. The van der Waals surface area contributed by atoms with E-state index in [1.54, 1.807) is 19.1 Å². The second-order valence-corrected chi connectivity index (χ2v) is 7.24. The monoisotopic (exact) mass is 401 g/mol. The Hall–Kier alpha value is -2.87. The molecule has 1 aromatic heterocycles. The van der Waals surface area contributed by atoms with Crippen LogP contribution in [0.5, 0.6) is 5.75 Å². The second kappa shape index (κ2) is 9.09. The number of carboxylic acid groups (broad SMARTS) is 1. The normalized spacial score (nSPS) is 19.1. The van der Waals surface area contributed by atoms with Crippen molar-refractivity contribution in [2.45, 2.75) is 51.7 Å². The maximum atomic E-state index is 11.8. The number of nitrogens with one attached hydrogen (secondary N) is 1. The smallest absolute Gasteiger partial charge is 0.339 e. The number of carbonyl (C=O) groups excluding carboxylic acids is 1. The number of aryl methyl sites for hydroxylation is 1. The Labute approximate surface area is 169 Å². The van der Waals surface area contributed by atoms with Gasteiger partial charge in [0.15, 0.2) is 0 Å². The lowest BCUT2D eigenvalue weighted by Crippen LogP contribution is -2.41.